The molecule has 0 unspecified atom stereocenters. The fourth-order valence-electron chi connectivity index (χ4n) is 2.35. The Balaban J connectivity index is 2.26. The van der Waals surface area contributed by atoms with Crippen molar-refractivity contribution < 1.29 is 22.7 Å². The molecule has 0 radical (unpaired) electrons. The predicted molar refractivity (Wildman–Crippen MR) is 76.5 cm³/mol. The third-order valence-corrected chi connectivity index (χ3v) is 3.29. The summed E-state index contributed by atoms with van der Waals surface area (Å²) >= 11 is 0. The molecule has 7 heteroatoms. The van der Waals surface area contributed by atoms with Crippen LogP contribution in [-0.4, -0.2) is 23.6 Å². The summed E-state index contributed by atoms with van der Waals surface area (Å²) in [4.78, 5) is 13.4. The van der Waals surface area contributed by atoms with E-state index in [1.807, 2.05) is 0 Å². The highest BCUT2D eigenvalue weighted by atomic mass is 19.4. The van der Waals surface area contributed by atoms with Gasteiger partial charge in [-0.25, -0.2) is 4.79 Å². The quantitative estimate of drug-likeness (QED) is 0.851. The standard InChI is InChI=1S/C15H19F3N2O2/c1-14(2,3)22-13(21)20-7-9-5-11(15(16,17)18)12(19-4)6-10(9)8-20/h5-6,19H,7-8H2,1-4H3. The molecule has 0 saturated carbocycles. The second-order valence-electron chi connectivity index (χ2n) is 6.25. The lowest BCUT2D eigenvalue weighted by atomic mass is 10.0. The van der Waals surface area contributed by atoms with Crippen LogP contribution in [0.25, 0.3) is 0 Å². The van der Waals surface area contributed by atoms with Crippen molar-refractivity contribution in [2.45, 2.75) is 45.6 Å². The molecule has 1 aliphatic rings. The maximum absolute atomic E-state index is 13.0. The number of hydrogen-bond acceptors (Lipinski definition) is 3. The summed E-state index contributed by atoms with van der Waals surface area (Å²) in [6, 6.07) is 2.55. The highest BCUT2D eigenvalue weighted by Gasteiger charge is 2.36. The van der Waals surface area contributed by atoms with E-state index in [-0.39, 0.29) is 18.8 Å². The number of hydrogen-bond donors (Lipinski definition) is 1. The maximum atomic E-state index is 13.0. The molecule has 0 fully saturated rings. The lowest BCUT2D eigenvalue weighted by molar-refractivity contribution is -0.137. The molecule has 0 bridgehead atoms. The molecule has 1 heterocycles. The van der Waals surface area contributed by atoms with Crippen molar-refractivity contribution in [2.75, 3.05) is 12.4 Å². The van der Waals surface area contributed by atoms with Gasteiger partial charge in [0, 0.05) is 25.8 Å². The zero-order valence-electron chi connectivity index (χ0n) is 13.0. The largest absolute Gasteiger partial charge is 0.444 e. The Labute approximate surface area is 127 Å². The summed E-state index contributed by atoms with van der Waals surface area (Å²) < 4.78 is 44.4. The second-order valence-corrected chi connectivity index (χ2v) is 6.25. The number of rotatable bonds is 1. The molecule has 1 N–H and O–H groups in total. The number of nitrogens with zero attached hydrogens (tertiary/aromatic N) is 1. The molecule has 1 amide bonds. The van der Waals surface area contributed by atoms with Gasteiger partial charge < -0.3 is 10.1 Å². The third-order valence-electron chi connectivity index (χ3n) is 3.29. The minimum atomic E-state index is -4.44. The van der Waals surface area contributed by atoms with Gasteiger partial charge in [0.1, 0.15) is 5.60 Å². The van der Waals surface area contributed by atoms with Crippen LogP contribution < -0.4 is 5.32 Å². The minimum absolute atomic E-state index is 0.0114. The number of carbonyl (C=O) groups is 1. The Morgan fingerprint density at radius 3 is 2.18 bits per heavy atom. The highest BCUT2D eigenvalue weighted by Crippen LogP contribution is 2.38. The molecule has 1 aromatic rings. The van der Waals surface area contributed by atoms with Crippen molar-refractivity contribution in [2.24, 2.45) is 0 Å². The van der Waals surface area contributed by atoms with E-state index in [2.05, 4.69) is 5.32 Å². The first-order valence-electron chi connectivity index (χ1n) is 6.90. The summed E-state index contributed by atoms with van der Waals surface area (Å²) in [5.41, 5.74) is -0.156. The van der Waals surface area contributed by atoms with Crippen LogP contribution >= 0.6 is 0 Å². The van der Waals surface area contributed by atoms with Crippen LogP contribution in [0.3, 0.4) is 0 Å². The van der Waals surface area contributed by atoms with Crippen LogP contribution in [0.15, 0.2) is 12.1 Å². The first-order chi connectivity index (χ1) is 10.0. The summed E-state index contributed by atoms with van der Waals surface area (Å²) in [5, 5.41) is 2.56. The zero-order valence-corrected chi connectivity index (χ0v) is 13.0. The normalized spacial score (nSPS) is 14.8. The minimum Gasteiger partial charge on any atom is -0.444 e. The van der Waals surface area contributed by atoms with Crippen molar-refractivity contribution in [3.05, 3.63) is 28.8 Å². The van der Waals surface area contributed by atoms with Crippen molar-refractivity contribution >= 4 is 11.8 Å². The molecular weight excluding hydrogens is 297 g/mol. The van der Waals surface area contributed by atoms with E-state index in [1.165, 1.54) is 18.0 Å². The van der Waals surface area contributed by atoms with Gasteiger partial charge in [0.2, 0.25) is 0 Å². The molecule has 2 rings (SSSR count). The number of halogens is 3. The average molecular weight is 316 g/mol. The summed E-state index contributed by atoms with van der Waals surface area (Å²) in [6.07, 6.45) is -4.96. The van der Waals surface area contributed by atoms with E-state index in [1.54, 1.807) is 20.8 Å². The first-order valence-corrected chi connectivity index (χ1v) is 6.90. The molecule has 122 valence electrons. The first kappa shape index (κ1) is 16.5. The van der Waals surface area contributed by atoms with Crippen LogP contribution in [0, 0.1) is 0 Å². The van der Waals surface area contributed by atoms with Crippen LogP contribution in [0.2, 0.25) is 0 Å². The van der Waals surface area contributed by atoms with Crippen LogP contribution in [0.1, 0.15) is 37.5 Å². The molecule has 4 nitrogen and oxygen atoms in total. The number of nitrogens with one attached hydrogen (secondary N) is 1. The number of fused-ring (bicyclic) bond motifs is 1. The summed E-state index contributed by atoms with van der Waals surface area (Å²) in [6.45, 7) is 5.60. The molecule has 1 aromatic carbocycles. The number of alkyl halides is 3. The number of anilines is 1. The van der Waals surface area contributed by atoms with Crippen molar-refractivity contribution in [1.29, 1.82) is 0 Å². The van der Waals surface area contributed by atoms with Gasteiger partial charge in [-0.3, -0.25) is 4.90 Å². The number of amides is 1. The van der Waals surface area contributed by atoms with Gasteiger partial charge >= 0.3 is 12.3 Å². The zero-order chi connectivity index (χ0) is 16.7. The predicted octanol–water partition coefficient (Wildman–Crippen LogP) is 4.00. The topological polar surface area (TPSA) is 41.6 Å². The highest BCUT2D eigenvalue weighted by molar-refractivity contribution is 5.70. The molecule has 0 aromatic heterocycles. The number of ether oxygens (including phenoxy) is 1. The Morgan fingerprint density at radius 2 is 1.73 bits per heavy atom. The number of benzene rings is 1. The van der Waals surface area contributed by atoms with Crippen molar-refractivity contribution in [3.8, 4) is 0 Å². The van der Waals surface area contributed by atoms with Crippen molar-refractivity contribution in [1.82, 2.24) is 4.90 Å². The lowest BCUT2D eigenvalue weighted by Gasteiger charge is -2.24. The Hall–Kier alpha value is -1.92. The van der Waals surface area contributed by atoms with Crippen LogP contribution in [-0.2, 0) is 24.0 Å². The molecule has 0 spiro atoms. The molecule has 22 heavy (non-hydrogen) atoms. The van der Waals surface area contributed by atoms with E-state index in [0.717, 1.165) is 6.07 Å². The SMILES string of the molecule is CNc1cc2c(cc1C(F)(F)F)CN(C(=O)OC(C)(C)C)C2. The van der Waals surface area contributed by atoms with Gasteiger partial charge in [-0.2, -0.15) is 13.2 Å². The molecule has 1 aliphatic heterocycles. The molecule has 0 aliphatic carbocycles. The van der Waals surface area contributed by atoms with Gasteiger partial charge in [0.25, 0.3) is 0 Å². The molecule has 0 saturated heterocycles. The fourth-order valence-corrected chi connectivity index (χ4v) is 2.35. The van der Waals surface area contributed by atoms with Gasteiger partial charge in [-0.15, -0.1) is 0 Å². The smallest absolute Gasteiger partial charge is 0.418 e. The van der Waals surface area contributed by atoms with E-state index in [0.29, 0.717) is 11.1 Å². The summed E-state index contributed by atoms with van der Waals surface area (Å²) in [5.74, 6) is 0. The van der Waals surface area contributed by atoms with E-state index < -0.39 is 23.4 Å². The van der Waals surface area contributed by atoms with E-state index in [9.17, 15) is 18.0 Å². The molecule has 0 atom stereocenters. The fraction of sp³-hybridized carbons (Fsp3) is 0.533. The van der Waals surface area contributed by atoms with Crippen LogP contribution in [0.5, 0.6) is 0 Å². The monoisotopic (exact) mass is 316 g/mol. The van der Waals surface area contributed by atoms with E-state index in [4.69, 9.17) is 4.74 Å². The Bertz CT molecular complexity index is 592. The second kappa shape index (κ2) is 5.37. The lowest BCUT2D eigenvalue weighted by Crippen LogP contribution is -2.33. The van der Waals surface area contributed by atoms with E-state index >= 15 is 0 Å². The summed E-state index contributed by atoms with van der Waals surface area (Å²) in [7, 11) is 1.44. The third kappa shape index (κ3) is 3.45. The van der Waals surface area contributed by atoms with Gasteiger partial charge in [-0.1, -0.05) is 0 Å². The van der Waals surface area contributed by atoms with Gasteiger partial charge in [0.15, 0.2) is 0 Å². The van der Waals surface area contributed by atoms with Crippen LogP contribution in [0.4, 0.5) is 23.7 Å². The average Bonchev–Trinajstić information content (AvgIpc) is 2.76. The maximum Gasteiger partial charge on any atom is 0.418 e. The van der Waals surface area contributed by atoms with Gasteiger partial charge in [-0.05, 0) is 44.0 Å². The van der Waals surface area contributed by atoms with Gasteiger partial charge in [0.05, 0.1) is 5.56 Å². The van der Waals surface area contributed by atoms with Crippen molar-refractivity contribution in [3.63, 3.8) is 0 Å². The Morgan fingerprint density at radius 1 is 1.18 bits per heavy atom. The Kier molecular flexibility index (Phi) is 4.02. The number of carbonyl (C=O) groups excluding carboxylic acids is 1. The molecular formula is C15H19F3N2O2.